The van der Waals surface area contributed by atoms with Crippen LogP contribution in [0.1, 0.15) is 12.0 Å². The molecular formula is C22H23N5O5S. The van der Waals surface area contributed by atoms with Crippen LogP contribution in [0.15, 0.2) is 53.7 Å². The molecule has 0 aliphatic carbocycles. The number of morpholine rings is 1. The molecule has 1 fully saturated rings. The molecule has 11 heteroatoms. The summed E-state index contributed by atoms with van der Waals surface area (Å²) in [6, 6.07) is 8.08. The Hall–Kier alpha value is -3.28. The molecule has 2 aliphatic heterocycles. The third-order valence-electron chi connectivity index (χ3n) is 6.10. The standard InChI is InChI=1S/C22H23N5O5S/c28-27(29)21-14-17(33(30,31)26-10-12-32-13-11-26)3-4-20(21)25-8-5-16(6-9-25)19-15-24-22-18(19)2-1-7-23-22/h1-5,7,14-15H,6,8-13H2,(H,23,24). The molecule has 5 rings (SSSR count). The lowest BCUT2D eigenvalue weighted by Gasteiger charge is -2.29. The second-order valence-corrected chi connectivity index (χ2v) is 9.89. The number of nitro groups is 1. The summed E-state index contributed by atoms with van der Waals surface area (Å²) in [6.45, 7) is 2.17. The summed E-state index contributed by atoms with van der Waals surface area (Å²) in [5.41, 5.74) is 3.26. The molecule has 0 amide bonds. The van der Waals surface area contributed by atoms with Crippen molar-refractivity contribution in [2.75, 3.05) is 44.3 Å². The van der Waals surface area contributed by atoms with Crippen LogP contribution in [-0.4, -0.2) is 67.0 Å². The Morgan fingerprint density at radius 1 is 1.15 bits per heavy atom. The maximum atomic E-state index is 12.9. The van der Waals surface area contributed by atoms with Gasteiger partial charge >= 0.3 is 0 Å². The lowest BCUT2D eigenvalue weighted by atomic mass is 9.99. The molecule has 3 aromatic rings. The molecule has 2 aromatic heterocycles. The fraction of sp³-hybridized carbons (Fsp3) is 0.318. The van der Waals surface area contributed by atoms with E-state index in [2.05, 4.69) is 16.0 Å². The van der Waals surface area contributed by atoms with E-state index in [-0.39, 0.29) is 23.7 Å². The minimum atomic E-state index is -3.82. The molecule has 0 unspecified atom stereocenters. The van der Waals surface area contributed by atoms with Crippen molar-refractivity contribution in [3.63, 3.8) is 0 Å². The van der Waals surface area contributed by atoms with Crippen LogP contribution in [-0.2, 0) is 14.8 Å². The summed E-state index contributed by atoms with van der Waals surface area (Å²) in [6.07, 6.45) is 6.43. The third kappa shape index (κ3) is 3.99. The van der Waals surface area contributed by atoms with Crippen LogP contribution < -0.4 is 4.90 Å². The molecular weight excluding hydrogens is 446 g/mol. The number of nitrogens with zero attached hydrogens (tertiary/aromatic N) is 4. The van der Waals surface area contributed by atoms with E-state index in [9.17, 15) is 18.5 Å². The Morgan fingerprint density at radius 3 is 2.70 bits per heavy atom. The average Bonchev–Trinajstić information content (AvgIpc) is 3.28. The Balaban J connectivity index is 1.42. The largest absolute Gasteiger partial charge is 0.379 e. The quantitative estimate of drug-likeness (QED) is 0.450. The number of pyridine rings is 1. The van der Waals surface area contributed by atoms with Gasteiger partial charge in [-0.25, -0.2) is 13.4 Å². The van der Waals surface area contributed by atoms with E-state index in [1.165, 1.54) is 16.4 Å². The van der Waals surface area contributed by atoms with Gasteiger partial charge in [0.2, 0.25) is 10.0 Å². The number of anilines is 1. The first-order valence-electron chi connectivity index (χ1n) is 10.7. The van der Waals surface area contributed by atoms with Crippen molar-refractivity contribution in [3.8, 4) is 0 Å². The van der Waals surface area contributed by atoms with E-state index in [1.807, 2.05) is 23.2 Å². The summed E-state index contributed by atoms with van der Waals surface area (Å²) in [5, 5.41) is 12.9. The third-order valence-corrected chi connectivity index (χ3v) is 7.99. The number of aromatic amines is 1. The van der Waals surface area contributed by atoms with Crippen LogP contribution in [0.3, 0.4) is 0 Å². The first kappa shape index (κ1) is 21.6. The first-order chi connectivity index (χ1) is 15.9. The summed E-state index contributed by atoms with van der Waals surface area (Å²) < 4.78 is 32.4. The van der Waals surface area contributed by atoms with Crippen molar-refractivity contribution >= 4 is 38.0 Å². The van der Waals surface area contributed by atoms with Crippen LogP contribution in [0, 0.1) is 10.1 Å². The number of fused-ring (bicyclic) bond motifs is 1. The second kappa shape index (κ2) is 8.58. The number of hydrogen-bond acceptors (Lipinski definition) is 7. The van der Waals surface area contributed by atoms with Crippen LogP contribution in [0.2, 0.25) is 0 Å². The second-order valence-electron chi connectivity index (χ2n) is 7.95. The number of hydrogen-bond donors (Lipinski definition) is 1. The van der Waals surface area contributed by atoms with Gasteiger partial charge < -0.3 is 14.6 Å². The Bertz CT molecular complexity index is 1340. The molecule has 4 heterocycles. The fourth-order valence-electron chi connectivity index (χ4n) is 4.37. The lowest BCUT2D eigenvalue weighted by Crippen LogP contribution is -2.40. The number of nitrogens with one attached hydrogen (secondary N) is 1. The molecule has 1 aromatic carbocycles. The van der Waals surface area contributed by atoms with E-state index in [0.717, 1.165) is 22.2 Å². The number of nitro benzene ring substituents is 1. The fourth-order valence-corrected chi connectivity index (χ4v) is 5.80. The lowest BCUT2D eigenvalue weighted by molar-refractivity contribution is -0.384. The summed E-state index contributed by atoms with van der Waals surface area (Å²) in [4.78, 5) is 20.7. The number of benzene rings is 1. The molecule has 0 bridgehead atoms. The van der Waals surface area contributed by atoms with Gasteiger partial charge in [0.05, 0.1) is 23.0 Å². The minimum Gasteiger partial charge on any atom is -0.379 e. The number of aromatic nitrogens is 2. The molecule has 172 valence electrons. The molecule has 0 spiro atoms. The van der Waals surface area contributed by atoms with Crippen LogP contribution in [0.4, 0.5) is 11.4 Å². The zero-order valence-electron chi connectivity index (χ0n) is 17.8. The Morgan fingerprint density at radius 2 is 1.97 bits per heavy atom. The number of H-pyrrole nitrogens is 1. The number of ether oxygens (including phenoxy) is 1. The van der Waals surface area contributed by atoms with Gasteiger partial charge in [-0.05, 0) is 36.3 Å². The van der Waals surface area contributed by atoms with Gasteiger partial charge in [0.1, 0.15) is 11.3 Å². The highest BCUT2D eigenvalue weighted by molar-refractivity contribution is 7.89. The normalized spacial score (nSPS) is 17.8. The molecule has 33 heavy (non-hydrogen) atoms. The van der Waals surface area contributed by atoms with E-state index >= 15 is 0 Å². The molecule has 1 N–H and O–H groups in total. The van der Waals surface area contributed by atoms with Crippen LogP contribution in [0.5, 0.6) is 0 Å². The molecule has 1 saturated heterocycles. The van der Waals surface area contributed by atoms with Gasteiger partial charge in [-0.15, -0.1) is 0 Å². The van der Waals surface area contributed by atoms with Gasteiger partial charge in [-0.2, -0.15) is 4.31 Å². The van der Waals surface area contributed by atoms with Crippen LogP contribution >= 0.6 is 0 Å². The molecule has 0 saturated carbocycles. The van der Waals surface area contributed by atoms with Gasteiger partial charge in [0.15, 0.2) is 0 Å². The minimum absolute atomic E-state index is 0.0700. The van der Waals surface area contributed by atoms with E-state index < -0.39 is 14.9 Å². The molecule has 0 atom stereocenters. The SMILES string of the molecule is O=[N+]([O-])c1cc(S(=O)(=O)N2CCOCC2)ccc1N1CC=C(c2c[nH]c3ncccc23)CC1. The summed E-state index contributed by atoms with van der Waals surface area (Å²) in [7, 11) is -3.82. The monoisotopic (exact) mass is 469 g/mol. The first-order valence-corrected chi connectivity index (χ1v) is 12.1. The van der Waals surface area contributed by atoms with Crippen molar-refractivity contribution in [1.29, 1.82) is 0 Å². The van der Waals surface area contributed by atoms with Crippen molar-refractivity contribution < 1.29 is 18.1 Å². The van der Waals surface area contributed by atoms with Crippen molar-refractivity contribution in [2.24, 2.45) is 0 Å². The Labute approximate surface area is 190 Å². The molecule has 10 nitrogen and oxygen atoms in total. The zero-order valence-corrected chi connectivity index (χ0v) is 18.6. The van der Waals surface area contributed by atoms with Crippen LogP contribution in [0.25, 0.3) is 16.6 Å². The smallest absolute Gasteiger partial charge is 0.293 e. The maximum Gasteiger partial charge on any atom is 0.293 e. The molecule has 2 aliphatic rings. The zero-order chi connectivity index (χ0) is 23.0. The van der Waals surface area contributed by atoms with E-state index in [0.29, 0.717) is 38.4 Å². The average molecular weight is 470 g/mol. The van der Waals surface area contributed by atoms with Crippen molar-refractivity contribution in [2.45, 2.75) is 11.3 Å². The summed E-state index contributed by atoms with van der Waals surface area (Å²) in [5.74, 6) is 0. The van der Waals surface area contributed by atoms with Gasteiger partial charge in [0.25, 0.3) is 5.69 Å². The molecule has 0 radical (unpaired) electrons. The highest BCUT2D eigenvalue weighted by Gasteiger charge is 2.30. The highest BCUT2D eigenvalue weighted by Crippen LogP contribution is 2.35. The van der Waals surface area contributed by atoms with Gasteiger partial charge in [0, 0.05) is 55.6 Å². The van der Waals surface area contributed by atoms with E-state index in [4.69, 9.17) is 4.74 Å². The van der Waals surface area contributed by atoms with Crippen molar-refractivity contribution in [3.05, 3.63) is 64.5 Å². The number of rotatable bonds is 5. The number of sulfonamides is 1. The maximum absolute atomic E-state index is 12.9. The van der Waals surface area contributed by atoms with Gasteiger partial charge in [-0.3, -0.25) is 10.1 Å². The predicted octanol–water partition coefficient (Wildman–Crippen LogP) is 2.79. The highest BCUT2D eigenvalue weighted by atomic mass is 32.2. The summed E-state index contributed by atoms with van der Waals surface area (Å²) >= 11 is 0. The predicted molar refractivity (Wildman–Crippen MR) is 124 cm³/mol. The topological polar surface area (TPSA) is 122 Å². The Kier molecular flexibility index (Phi) is 5.60. The van der Waals surface area contributed by atoms with Crippen molar-refractivity contribution in [1.82, 2.24) is 14.3 Å². The van der Waals surface area contributed by atoms with Gasteiger partial charge in [-0.1, -0.05) is 6.08 Å². The van der Waals surface area contributed by atoms with E-state index in [1.54, 1.807) is 12.3 Å².